The molecule has 0 spiro atoms. The van der Waals surface area contributed by atoms with E-state index in [0.717, 1.165) is 17.1 Å². The van der Waals surface area contributed by atoms with Crippen molar-refractivity contribution in [2.24, 2.45) is 0 Å². The van der Waals surface area contributed by atoms with Gasteiger partial charge in [0, 0.05) is 17.1 Å². The Balaban J connectivity index is 1.70. The second-order valence-corrected chi connectivity index (χ2v) is 4.96. The second kappa shape index (κ2) is 5.80. The van der Waals surface area contributed by atoms with E-state index in [1.165, 1.54) is 0 Å². The number of hydrogen-bond donors (Lipinski definition) is 2. The summed E-state index contributed by atoms with van der Waals surface area (Å²) in [5.74, 6) is 1.18. The normalized spacial score (nSPS) is 10.6. The Hall–Kier alpha value is -2.96. The van der Waals surface area contributed by atoms with Gasteiger partial charge in [-0.25, -0.2) is 9.78 Å². The monoisotopic (exact) mass is 296 g/mol. The summed E-state index contributed by atoms with van der Waals surface area (Å²) in [7, 11) is 0. The van der Waals surface area contributed by atoms with Crippen LogP contribution >= 0.6 is 0 Å². The molecule has 0 unspecified atom stereocenters. The largest absolute Gasteiger partial charge is 0.331 e. The van der Waals surface area contributed by atoms with E-state index >= 15 is 0 Å². The fraction of sp³-hybridized carbons (Fsp3) is 0.200. The van der Waals surface area contributed by atoms with E-state index < -0.39 is 0 Å². The third-order valence-electron chi connectivity index (χ3n) is 3.20. The Labute approximate surface area is 127 Å². The zero-order valence-corrected chi connectivity index (χ0v) is 12.4. The first kappa shape index (κ1) is 14.0. The summed E-state index contributed by atoms with van der Waals surface area (Å²) in [6, 6.07) is 10.9. The predicted octanol–water partition coefficient (Wildman–Crippen LogP) is 2.06. The molecule has 7 nitrogen and oxygen atoms in total. The van der Waals surface area contributed by atoms with Gasteiger partial charge in [-0.1, -0.05) is 18.2 Å². The molecule has 0 aliphatic carbocycles. The van der Waals surface area contributed by atoms with Crippen molar-refractivity contribution in [2.75, 3.05) is 5.32 Å². The molecule has 2 amide bonds. The highest BCUT2D eigenvalue weighted by atomic mass is 16.2. The van der Waals surface area contributed by atoms with Gasteiger partial charge in [-0.15, -0.1) is 10.2 Å². The van der Waals surface area contributed by atoms with Gasteiger partial charge in [0.05, 0.1) is 6.54 Å². The first-order valence-electron chi connectivity index (χ1n) is 6.91. The minimum Gasteiger partial charge on any atom is -0.331 e. The highest BCUT2D eigenvalue weighted by Crippen LogP contribution is 2.08. The Morgan fingerprint density at radius 2 is 1.95 bits per heavy atom. The summed E-state index contributed by atoms with van der Waals surface area (Å²) in [6.07, 6.45) is 0. The zero-order chi connectivity index (χ0) is 15.5. The first-order chi connectivity index (χ1) is 10.6. The molecule has 2 aromatic heterocycles. The van der Waals surface area contributed by atoms with Gasteiger partial charge in [0.25, 0.3) is 5.78 Å². The van der Waals surface area contributed by atoms with E-state index in [9.17, 15) is 4.79 Å². The molecule has 2 N–H and O–H groups in total. The van der Waals surface area contributed by atoms with E-state index in [1.54, 1.807) is 0 Å². The number of para-hydroxylation sites is 1. The van der Waals surface area contributed by atoms with Crippen LogP contribution in [0.15, 0.2) is 36.4 Å². The lowest BCUT2D eigenvalue weighted by atomic mass is 10.3. The van der Waals surface area contributed by atoms with Crippen LogP contribution in [0.1, 0.15) is 17.2 Å². The fourth-order valence-corrected chi connectivity index (χ4v) is 2.27. The maximum absolute atomic E-state index is 11.9. The average molecular weight is 296 g/mol. The maximum atomic E-state index is 11.9. The number of hydrogen-bond acceptors (Lipinski definition) is 4. The second-order valence-electron chi connectivity index (χ2n) is 4.96. The Morgan fingerprint density at radius 3 is 2.73 bits per heavy atom. The molecule has 1 aromatic carbocycles. The van der Waals surface area contributed by atoms with Gasteiger partial charge in [0.15, 0.2) is 5.82 Å². The van der Waals surface area contributed by atoms with Crippen molar-refractivity contribution in [1.29, 1.82) is 0 Å². The molecule has 112 valence electrons. The number of benzene rings is 1. The van der Waals surface area contributed by atoms with E-state index in [4.69, 9.17) is 0 Å². The topological polar surface area (TPSA) is 84.2 Å². The van der Waals surface area contributed by atoms with Crippen molar-refractivity contribution < 1.29 is 4.79 Å². The van der Waals surface area contributed by atoms with Gasteiger partial charge in [-0.05, 0) is 32.0 Å². The number of nitrogens with zero attached hydrogens (tertiary/aromatic N) is 4. The zero-order valence-electron chi connectivity index (χ0n) is 12.4. The van der Waals surface area contributed by atoms with Crippen molar-refractivity contribution >= 4 is 17.5 Å². The van der Waals surface area contributed by atoms with Gasteiger partial charge >= 0.3 is 6.03 Å². The molecule has 0 saturated heterocycles. The third kappa shape index (κ3) is 2.88. The molecule has 3 rings (SSSR count). The Kier molecular flexibility index (Phi) is 3.69. The number of nitrogens with one attached hydrogen (secondary N) is 2. The highest BCUT2D eigenvalue weighted by molar-refractivity contribution is 5.89. The molecule has 0 saturated carbocycles. The minimum absolute atomic E-state index is 0.269. The summed E-state index contributed by atoms with van der Waals surface area (Å²) in [4.78, 5) is 16.2. The van der Waals surface area contributed by atoms with Crippen LogP contribution in [-0.4, -0.2) is 25.6 Å². The first-order valence-corrected chi connectivity index (χ1v) is 6.91. The van der Waals surface area contributed by atoms with Gasteiger partial charge < -0.3 is 10.6 Å². The molecule has 0 aliphatic heterocycles. The number of fused-ring (bicyclic) bond motifs is 1. The summed E-state index contributed by atoms with van der Waals surface area (Å²) in [6.45, 7) is 4.14. The van der Waals surface area contributed by atoms with Gasteiger partial charge in [-0.2, -0.15) is 0 Å². The van der Waals surface area contributed by atoms with Crippen LogP contribution < -0.4 is 10.6 Å². The van der Waals surface area contributed by atoms with Crippen LogP contribution in [0.5, 0.6) is 0 Å². The SMILES string of the molecule is Cc1cc(C)n2c(CNC(=O)Nc3ccccc3)nnc2n1. The molecule has 0 radical (unpaired) electrons. The van der Waals surface area contributed by atoms with E-state index in [1.807, 2.05) is 54.6 Å². The number of carbonyl (C=O) groups excluding carboxylic acids is 1. The molecule has 0 aliphatic rings. The molecule has 22 heavy (non-hydrogen) atoms. The number of amides is 2. The van der Waals surface area contributed by atoms with Crippen LogP contribution in [0, 0.1) is 13.8 Å². The average Bonchev–Trinajstić information content (AvgIpc) is 2.89. The smallest absolute Gasteiger partial charge is 0.319 e. The number of rotatable bonds is 3. The van der Waals surface area contributed by atoms with Crippen molar-refractivity contribution in [1.82, 2.24) is 24.9 Å². The summed E-state index contributed by atoms with van der Waals surface area (Å²) >= 11 is 0. The van der Waals surface area contributed by atoms with Gasteiger partial charge in [0.1, 0.15) is 0 Å². The molecular formula is C15H16N6O. The van der Waals surface area contributed by atoms with Crippen LogP contribution in [0.3, 0.4) is 0 Å². The van der Waals surface area contributed by atoms with Crippen molar-refractivity contribution in [3.05, 3.63) is 53.6 Å². The number of carbonyl (C=O) groups is 1. The van der Waals surface area contributed by atoms with Crippen molar-refractivity contribution in [3.63, 3.8) is 0 Å². The lowest BCUT2D eigenvalue weighted by molar-refractivity contribution is 0.251. The summed E-state index contributed by atoms with van der Waals surface area (Å²) in [5, 5.41) is 13.6. The van der Waals surface area contributed by atoms with Crippen LogP contribution in [0.25, 0.3) is 5.78 Å². The van der Waals surface area contributed by atoms with E-state index in [2.05, 4.69) is 25.8 Å². The maximum Gasteiger partial charge on any atom is 0.319 e. The fourth-order valence-electron chi connectivity index (χ4n) is 2.27. The molecular weight excluding hydrogens is 280 g/mol. The Bertz CT molecular complexity index is 812. The number of urea groups is 1. The highest BCUT2D eigenvalue weighted by Gasteiger charge is 2.10. The lowest BCUT2D eigenvalue weighted by Gasteiger charge is -2.07. The van der Waals surface area contributed by atoms with Crippen LogP contribution in [0.4, 0.5) is 10.5 Å². The number of aromatic nitrogens is 4. The minimum atomic E-state index is -0.291. The third-order valence-corrected chi connectivity index (χ3v) is 3.20. The quantitative estimate of drug-likeness (QED) is 0.775. The summed E-state index contributed by atoms with van der Waals surface area (Å²) < 4.78 is 1.83. The van der Waals surface area contributed by atoms with Crippen LogP contribution in [0.2, 0.25) is 0 Å². The van der Waals surface area contributed by atoms with Crippen molar-refractivity contribution in [2.45, 2.75) is 20.4 Å². The van der Waals surface area contributed by atoms with Gasteiger partial charge in [-0.3, -0.25) is 4.40 Å². The van der Waals surface area contributed by atoms with Crippen LogP contribution in [-0.2, 0) is 6.54 Å². The number of anilines is 1. The van der Waals surface area contributed by atoms with E-state index in [-0.39, 0.29) is 12.6 Å². The molecule has 0 fully saturated rings. The summed E-state index contributed by atoms with van der Waals surface area (Å²) in [5.41, 5.74) is 2.60. The Morgan fingerprint density at radius 1 is 1.18 bits per heavy atom. The molecule has 0 bridgehead atoms. The molecule has 7 heteroatoms. The van der Waals surface area contributed by atoms with E-state index in [0.29, 0.717) is 11.6 Å². The van der Waals surface area contributed by atoms with Gasteiger partial charge in [0.2, 0.25) is 0 Å². The predicted molar refractivity (Wildman–Crippen MR) is 82.6 cm³/mol. The van der Waals surface area contributed by atoms with Crippen molar-refractivity contribution in [3.8, 4) is 0 Å². The molecule has 2 heterocycles. The lowest BCUT2D eigenvalue weighted by Crippen LogP contribution is -2.29. The standard InChI is InChI=1S/C15H16N6O/c1-10-8-11(2)21-13(19-20-14(21)17-10)9-16-15(22)18-12-6-4-3-5-7-12/h3-8H,9H2,1-2H3,(H2,16,18,22). The molecule has 0 atom stereocenters. The number of aryl methyl sites for hydroxylation is 2. The molecule has 3 aromatic rings.